The van der Waals surface area contributed by atoms with E-state index in [0.717, 1.165) is 6.42 Å². The Morgan fingerprint density at radius 2 is 1.93 bits per heavy atom. The van der Waals surface area contributed by atoms with Gasteiger partial charge in [0.1, 0.15) is 0 Å². The van der Waals surface area contributed by atoms with Crippen LogP contribution in [0.1, 0.15) is 47.5 Å². The largest absolute Gasteiger partial charge is 0.345 e. The van der Waals surface area contributed by atoms with Gasteiger partial charge in [-0.2, -0.15) is 0 Å². The Morgan fingerprint density at radius 1 is 1.36 bits per heavy atom. The van der Waals surface area contributed by atoms with E-state index >= 15 is 0 Å². The zero-order chi connectivity index (χ0) is 11.4. The van der Waals surface area contributed by atoms with Crippen LogP contribution in [0.4, 0.5) is 0 Å². The van der Waals surface area contributed by atoms with Gasteiger partial charge in [0.05, 0.1) is 6.54 Å². The molecule has 0 aromatic rings. The molecule has 0 aromatic carbocycles. The zero-order valence-corrected chi connectivity index (χ0v) is 10.1. The molecule has 1 N–H and O–H groups in total. The van der Waals surface area contributed by atoms with E-state index in [1.165, 1.54) is 0 Å². The third-order valence-corrected chi connectivity index (χ3v) is 1.50. The maximum Gasteiger partial charge on any atom is 0.220 e. The molecule has 0 bridgehead atoms. The highest BCUT2D eigenvalue weighted by Crippen LogP contribution is 2.02. The van der Waals surface area contributed by atoms with E-state index in [1.54, 1.807) is 6.92 Å². The summed E-state index contributed by atoms with van der Waals surface area (Å²) in [6.07, 6.45) is 1.56. The molecule has 0 aliphatic rings. The summed E-state index contributed by atoms with van der Waals surface area (Å²) in [5.41, 5.74) is 0. The first-order valence-electron chi connectivity index (χ1n) is 5.33. The Hall–Kier alpha value is -0.970. The number of nitrogens with one attached hydrogen (secondary N) is 1. The standard InChI is InChI=1S/C10H17NO.C2H6/c1-4-5-8-11-10(12)7-6-9(2)3;1-2/h9H,6-8H2,1-3H3,(H,11,12);1-2H3. The Bertz CT molecular complexity index is 186. The zero-order valence-electron chi connectivity index (χ0n) is 10.1. The minimum atomic E-state index is 0.103. The van der Waals surface area contributed by atoms with Crippen molar-refractivity contribution in [2.45, 2.75) is 47.5 Å². The molecule has 2 heteroatoms. The van der Waals surface area contributed by atoms with Crippen molar-refractivity contribution in [1.82, 2.24) is 5.32 Å². The molecule has 0 radical (unpaired) electrons. The SMILES string of the molecule is CC.CC#CCNC(=O)CCC(C)C. The van der Waals surface area contributed by atoms with E-state index in [9.17, 15) is 4.79 Å². The second kappa shape index (κ2) is 12.0. The van der Waals surface area contributed by atoms with Gasteiger partial charge in [-0.15, -0.1) is 5.92 Å². The molecule has 0 aliphatic heterocycles. The van der Waals surface area contributed by atoms with Crippen LogP contribution >= 0.6 is 0 Å². The lowest BCUT2D eigenvalue weighted by molar-refractivity contribution is -0.121. The summed E-state index contributed by atoms with van der Waals surface area (Å²) in [5, 5.41) is 2.73. The molecule has 2 nitrogen and oxygen atoms in total. The quantitative estimate of drug-likeness (QED) is 0.690. The van der Waals surface area contributed by atoms with E-state index in [0.29, 0.717) is 18.9 Å². The molecule has 0 fully saturated rings. The van der Waals surface area contributed by atoms with Crippen LogP contribution in [0.5, 0.6) is 0 Å². The van der Waals surface area contributed by atoms with Crippen LogP contribution < -0.4 is 5.32 Å². The van der Waals surface area contributed by atoms with Crippen LogP contribution in [-0.4, -0.2) is 12.5 Å². The normalized spacial score (nSPS) is 8.14. The summed E-state index contributed by atoms with van der Waals surface area (Å²) in [4.78, 5) is 11.0. The monoisotopic (exact) mass is 197 g/mol. The Labute approximate surface area is 88.5 Å². The average Bonchev–Trinajstić information content (AvgIpc) is 2.18. The van der Waals surface area contributed by atoms with Crippen LogP contribution in [0.2, 0.25) is 0 Å². The molecule has 0 rings (SSSR count). The van der Waals surface area contributed by atoms with Crippen molar-refractivity contribution >= 4 is 5.91 Å². The lowest BCUT2D eigenvalue weighted by Gasteiger charge is -2.03. The van der Waals surface area contributed by atoms with Crippen LogP contribution in [0.3, 0.4) is 0 Å². The lowest BCUT2D eigenvalue weighted by Crippen LogP contribution is -2.23. The highest BCUT2D eigenvalue weighted by molar-refractivity contribution is 5.76. The molecule has 1 amide bonds. The molecule has 0 saturated heterocycles. The summed E-state index contributed by atoms with van der Waals surface area (Å²) in [6.45, 7) is 10.5. The van der Waals surface area contributed by atoms with Gasteiger partial charge in [-0.1, -0.05) is 33.6 Å². The van der Waals surface area contributed by atoms with Gasteiger partial charge >= 0.3 is 0 Å². The molecule has 14 heavy (non-hydrogen) atoms. The number of hydrogen-bond acceptors (Lipinski definition) is 1. The number of carbonyl (C=O) groups is 1. The Morgan fingerprint density at radius 3 is 2.36 bits per heavy atom. The summed E-state index contributed by atoms with van der Waals surface area (Å²) < 4.78 is 0. The molecule has 0 aliphatic carbocycles. The van der Waals surface area contributed by atoms with Gasteiger partial charge in [0, 0.05) is 6.42 Å². The van der Waals surface area contributed by atoms with Crippen molar-refractivity contribution in [3.8, 4) is 11.8 Å². The predicted octanol–water partition coefficient (Wildman–Crippen LogP) is 2.59. The van der Waals surface area contributed by atoms with Gasteiger partial charge < -0.3 is 5.32 Å². The van der Waals surface area contributed by atoms with Gasteiger partial charge in [0.2, 0.25) is 5.91 Å². The highest BCUT2D eigenvalue weighted by atomic mass is 16.1. The van der Waals surface area contributed by atoms with Crippen molar-refractivity contribution in [2.24, 2.45) is 5.92 Å². The number of carbonyl (C=O) groups excluding carboxylic acids is 1. The fourth-order valence-electron chi connectivity index (χ4n) is 0.739. The topological polar surface area (TPSA) is 29.1 Å². The van der Waals surface area contributed by atoms with Gasteiger partial charge in [0.15, 0.2) is 0 Å². The molecule has 0 heterocycles. The Balaban J connectivity index is 0. The third-order valence-electron chi connectivity index (χ3n) is 1.50. The average molecular weight is 197 g/mol. The molecule has 82 valence electrons. The fraction of sp³-hybridized carbons (Fsp3) is 0.750. The molecule has 0 atom stereocenters. The first-order chi connectivity index (χ1) is 6.66. The molecule has 0 saturated carbocycles. The number of amides is 1. The molecule has 0 aromatic heterocycles. The summed E-state index contributed by atoms with van der Waals surface area (Å²) >= 11 is 0. The van der Waals surface area contributed by atoms with Gasteiger partial charge in [-0.05, 0) is 19.3 Å². The Kier molecular flexibility index (Phi) is 13.3. The van der Waals surface area contributed by atoms with E-state index in [1.807, 2.05) is 13.8 Å². The van der Waals surface area contributed by atoms with E-state index in [4.69, 9.17) is 0 Å². The molecule has 0 spiro atoms. The van der Waals surface area contributed by atoms with Crippen molar-refractivity contribution in [2.75, 3.05) is 6.54 Å². The van der Waals surface area contributed by atoms with E-state index in [-0.39, 0.29) is 5.91 Å². The first kappa shape index (κ1) is 15.5. The van der Waals surface area contributed by atoms with Crippen molar-refractivity contribution < 1.29 is 4.79 Å². The minimum Gasteiger partial charge on any atom is -0.345 e. The first-order valence-corrected chi connectivity index (χ1v) is 5.33. The summed E-state index contributed by atoms with van der Waals surface area (Å²) in [5.74, 6) is 6.20. The van der Waals surface area contributed by atoms with Crippen molar-refractivity contribution in [3.05, 3.63) is 0 Å². The van der Waals surface area contributed by atoms with Crippen LogP contribution in [0, 0.1) is 17.8 Å². The predicted molar refractivity (Wildman–Crippen MR) is 61.9 cm³/mol. The van der Waals surface area contributed by atoms with Gasteiger partial charge in [-0.25, -0.2) is 0 Å². The molecular formula is C12H23NO. The minimum absolute atomic E-state index is 0.103. The van der Waals surface area contributed by atoms with Crippen molar-refractivity contribution in [1.29, 1.82) is 0 Å². The molecular weight excluding hydrogens is 174 g/mol. The van der Waals surface area contributed by atoms with Crippen LogP contribution in [0.15, 0.2) is 0 Å². The summed E-state index contributed by atoms with van der Waals surface area (Å²) in [6, 6.07) is 0. The van der Waals surface area contributed by atoms with E-state index in [2.05, 4.69) is 31.0 Å². The number of hydrogen-bond donors (Lipinski definition) is 1. The second-order valence-electron chi connectivity index (χ2n) is 3.14. The highest BCUT2D eigenvalue weighted by Gasteiger charge is 2.00. The maximum atomic E-state index is 11.0. The summed E-state index contributed by atoms with van der Waals surface area (Å²) in [7, 11) is 0. The lowest BCUT2D eigenvalue weighted by atomic mass is 10.1. The van der Waals surface area contributed by atoms with Gasteiger partial charge in [-0.3, -0.25) is 4.79 Å². The van der Waals surface area contributed by atoms with Crippen LogP contribution in [0.25, 0.3) is 0 Å². The van der Waals surface area contributed by atoms with E-state index < -0.39 is 0 Å². The second-order valence-corrected chi connectivity index (χ2v) is 3.14. The van der Waals surface area contributed by atoms with Gasteiger partial charge in [0.25, 0.3) is 0 Å². The molecule has 0 unspecified atom stereocenters. The third kappa shape index (κ3) is 13.6. The van der Waals surface area contributed by atoms with Crippen LogP contribution in [-0.2, 0) is 4.79 Å². The van der Waals surface area contributed by atoms with Crippen molar-refractivity contribution in [3.63, 3.8) is 0 Å². The maximum absolute atomic E-state index is 11.0. The number of rotatable bonds is 4. The fourth-order valence-corrected chi connectivity index (χ4v) is 0.739. The smallest absolute Gasteiger partial charge is 0.220 e.